The van der Waals surface area contributed by atoms with Gasteiger partial charge in [-0.3, -0.25) is 4.79 Å². The molecule has 0 heterocycles. The number of hydrogen-bond donors (Lipinski definition) is 0. The molecule has 1 aromatic carbocycles. The maximum Gasteiger partial charge on any atom is 0.136 e. The quantitative estimate of drug-likeness (QED) is 0.677. The van der Waals surface area contributed by atoms with E-state index in [2.05, 4.69) is 26.0 Å². The Morgan fingerprint density at radius 2 is 1.85 bits per heavy atom. The van der Waals surface area contributed by atoms with E-state index in [1.165, 1.54) is 11.1 Å². The van der Waals surface area contributed by atoms with Crippen LogP contribution in [0.3, 0.4) is 0 Å². The van der Waals surface area contributed by atoms with Crippen molar-refractivity contribution < 1.29 is 4.79 Å². The number of carbonyl (C=O) groups excluding carboxylic acids is 1. The molecule has 0 saturated heterocycles. The zero-order valence-electron chi connectivity index (χ0n) is 8.72. The van der Waals surface area contributed by atoms with E-state index < -0.39 is 0 Å². The normalized spacial score (nSPS) is 12.6. The molecule has 1 rings (SSSR count). The Hall–Kier alpha value is -1.11. The van der Waals surface area contributed by atoms with Crippen molar-refractivity contribution in [2.45, 2.75) is 33.6 Å². The predicted molar refractivity (Wildman–Crippen MR) is 55.0 cm³/mol. The smallest absolute Gasteiger partial charge is 0.136 e. The van der Waals surface area contributed by atoms with Crippen molar-refractivity contribution in [3.8, 4) is 0 Å². The molecule has 0 N–H and O–H groups in total. The first-order valence-corrected chi connectivity index (χ1v) is 4.60. The van der Waals surface area contributed by atoms with E-state index in [9.17, 15) is 4.79 Å². The van der Waals surface area contributed by atoms with E-state index in [0.717, 1.165) is 5.56 Å². The molecule has 0 unspecified atom stereocenters. The molecule has 0 aliphatic rings. The molecule has 0 bridgehead atoms. The lowest BCUT2D eigenvalue weighted by Gasteiger charge is -2.09. The molecule has 0 saturated carbocycles. The van der Waals surface area contributed by atoms with Gasteiger partial charge in [0.15, 0.2) is 0 Å². The summed E-state index contributed by atoms with van der Waals surface area (Å²) in [5, 5.41) is 0. The maximum atomic E-state index is 11.1. The van der Waals surface area contributed by atoms with Crippen molar-refractivity contribution >= 4 is 5.78 Å². The maximum absolute atomic E-state index is 11.1. The van der Waals surface area contributed by atoms with Gasteiger partial charge in [0.2, 0.25) is 0 Å². The van der Waals surface area contributed by atoms with Gasteiger partial charge in [-0.05, 0) is 37.5 Å². The van der Waals surface area contributed by atoms with Crippen molar-refractivity contribution in [1.29, 1.82) is 0 Å². The van der Waals surface area contributed by atoms with Gasteiger partial charge >= 0.3 is 0 Å². The Kier molecular flexibility index (Phi) is 2.86. The van der Waals surface area contributed by atoms with Crippen LogP contribution in [0.5, 0.6) is 0 Å². The minimum Gasteiger partial charge on any atom is -0.299 e. The highest BCUT2D eigenvalue weighted by Crippen LogP contribution is 2.19. The number of hydrogen-bond acceptors (Lipinski definition) is 1. The Morgan fingerprint density at radius 3 is 2.31 bits per heavy atom. The summed E-state index contributed by atoms with van der Waals surface area (Å²) in [6, 6.07) is 6.21. The summed E-state index contributed by atoms with van der Waals surface area (Å²) in [5.74, 6) is 0.252. The fourth-order valence-corrected chi connectivity index (χ4v) is 1.27. The van der Waals surface area contributed by atoms with Crippen LogP contribution in [0.4, 0.5) is 0 Å². The van der Waals surface area contributed by atoms with Gasteiger partial charge < -0.3 is 0 Å². The summed E-state index contributed by atoms with van der Waals surface area (Å²) in [7, 11) is 0. The fourth-order valence-electron chi connectivity index (χ4n) is 1.27. The van der Waals surface area contributed by atoms with Crippen LogP contribution < -0.4 is 0 Å². The standard InChI is InChI=1S/C12H16O/c1-8-5-6-12(7-9(8)2)10(3)11(4)13/h5-7,10H,1-4H3/t10-/m1/s1. The Morgan fingerprint density at radius 1 is 1.23 bits per heavy atom. The first kappa shape index (κ1) is 9.97. The highest BCUT2D eigenvalue weighted by molar-refractivity contribution is 5.82. The third kappa shape index (κ3) is 2.18. The van der Waals surface area contributed by atoms with Gasteiger partial charge in [-0.1, -0.05) is 25.1 Å². The van der Waals surface area contributed by atoms with E-state index in [1.807, 2.05) is 13.0 Å². The summed E-state index contributed by atoms with van der Waals surface area (Å²) in [4.78, 5) is 11.1. The van der Waals surface area contributed by atoms with Crippen LogP contribution in [0, 0.1) is 13.8 Å². The fraction of sp³-hybridized carbons (Fsp3) is 0.417. The average Bonchev–Trinajstić information content (AvgIpc) is 2.08. The number of benzene rings is 1. The lowest BCUT2D eigenvalue weighted by Crippen LogP contribution is -2.04. The Balaban J connectivity index is 3.03. The Labute approximate surface area is 79.8 Å². The van der Waals surface area contributed by atoms with Gasteiger partial charge in [-0.15, -0.1) is 0 Å². The van der Waals surface area contributed by atoms with Crippen LogP contribution >= 0.6 is 0 Å². The largest absolute Gasteiger partial charge is 0.299 e. The van der Waals surface area contributed by atoms with E-state index in [-0.39, 0.29) is 11.7 Å². The zero-order valence-corrected chi connectivity index (χ0v) is 8.72. The van der Waals surface area contributed by atoms with Gasteiger partial charge in [0.25, 0.3) is 0 Å². The highest BCUT2D eigenvalue weighted by Gasteiger charge is 2.10. The lowest BCUT2D eigenvalue weighted by atomic mass is 9.94. The second-order valence-electron chi connectivity index (χ2n) is 3.68. The minimum absolute atomic E-state index is 0.0271. The van der Waals surface area contributed by atoms with E-state index in [4.69, 9.17) is 0 Å². The molecule has 0 aromatic heterocycles. The molecule has 0 amide bonds. The van der Waals surface area contributed by atoms with E-state index in [1.54, 1.807) is 6.92 Å². The number of Topliss-reactive ketones (excluding diaryl/α,β-unsaturated/α-hetero) is 1. The monoisotopic (exact) mass is 176 g/mol. The van der Waals surface area contributed by atoms with E-state index in [0.29, 0.717) is 0 Å². The first-order chi connectivity index (χ1) is 6.02. The number of rotatable bonds is 2. The number of ketones is 1. The van der Waals surface area contributed by atoms with E-state index >= 15 is 0 Å². The van der Waals surface area contributed by atoms with Gasteiger partial charge in [-0.2, -0.15) is 0 Å². The van der Waals surface area contributed by atoms with Crippen molar-refractivity contribution in [1.82, 2.24) is 0 Å². The molecule has 0 aliphatic heterocycles. The molecular formula is C12H16O. The van der Waals surface area contributed by atoms with Gasteiger partial charge in [-0.25, -0.2) is 0 Å². The summed E-state index contributed by atoms with van der Waals surface area (Å²) >= 11 is 0. The van der Waals surface area contributed by atoms with Crippen LogP contribution in [-0.2, 0) is 4.79 Å². The molecule has 1 nitrogen and oxygen atoms in total. The third-order valence-corrected chi connectivity index (χ3v) is 2.64. The van der Waals surface area contributed by atoms with Gasteiger partial charge in [0.05, 0.1) is 0 Å². The highest BCUT2D eigenvalue weighted by atomic mass is 16.1. The molecule has 1 heteroatoms. The van der Waals surface area contributed by atoms with Crippen LogP contribution in [-0.4, -0.2) is 5.78 Å². The summed E-state index contributed by atoms with van der Waals surface area (Å²) in [6.45, 7) is 7.75. The molecule has 0 spiro atoms. The molecule has 13 heavy (non-hydrogen) atoms. The minimum atomic E-state index is 0.0271. The van der Waals surface area contributed by atoms with Crippen molar-refractivity contribution in [3.05, 3.63) is 34.9 Å². The van der Waals surface area contributed by atoms with Crippen LogP contribution in [0.15, 0.2) is 18.2 Å². The topological polar surface area (TPSA) is 17.1 Å². The molecule has 1 aromatic rings. The third-order valence-electron chi connectivity index (χ3n) is 2.64. The van der Waals surface area contributed by atoms with Crippen LogP contribution in [0.2, 0.25) is 0 Å². The SMILES string of the molecule is CC(=O)[C@@H](C)c1ccc(C)c(C)c1. The van der Waals surface area contributed by atoms with Gasteiger partial charge in [0.1, 0.15) is 5.78 Å². The molecule has 70 valence electrons. The summed E-state index contributed by atoms with van der Waals surface area (Å²) in [6.07, 6.45) is 0. The number of aryl methyl sites for hydroxylation is 2. The summed E-state index contributed by atoms with van der Waals surface area (Å²) in [5.41, 5.74) is 3.65. The van der Waals surface area contributed by atoms with Crippen molar-refractivity contribution in [2.75, 3.05) is 0 Å². The summed E-state index contributed by atoms with van der Waals surface area (Å²) < 4.78 is 0. The Bertz CT molecular complexity index is 326. The molecular weight excluding hydrogens is 160 g/mol. The first-order valence-electron chi connectivity index (χ1n) is 4.60. The predicted octanol–water partition coefficient (Wildman–Crippen LogP) is 3.00. The molecule has 0 aliphatic carbocycles. The van der Waals surface area contributed by atoms with Crippen molar-refractivity contribution in [3.63, 3.8) is 0 Å². The second-order valence-corrected chi connectivity index (χ2v) is 3.68. The van der Waals surface area contributed by atoms with Crippen LogP contribution in [0.25, 0.3) is 0 Å². The average molecular weight is 176 g/mol. The molecule has 1 atom stereocenters. The van der Waals surface area contributed by atoms with Crippen LogP contribution in [0.1, 0.15) is 36.5 Å². The second kappa shape index (κ2) is 3.73. The van der Waals surface area contributed by atoms with Crippen molar-refractivity contribution in [2.24, 2.45) is 0 Å². The number of carbonyl (C=O) groups is 1. The molecule has 0 fully saturated rings. The zero-order chi connectivity index (χ0) is 10.0. The van der Waals surface area contributed by atoms with Gasteiger partial charge in [0, 0.05) is 5.92 Å². The molecule has 0 radical (unpaired) electrons. The lowest BCUT2D eigenvalue weighted by molar-refractivity contribution is -0.118.